The third-order valence-electron chi connectivity index (χ3n) is 3.15. The Kier molecular flexibility index (Phi) is 3.67. The number of rotatable bonds is 4. The summed E-state index contributed by atoms with van der Waals surface area (Å²) in [5.41, 5.74) is 5.64. The largest absolute Gasteiger partial charge is 0.367 e. The van der Waals surface area contributed by atoms with Crippen molar-refractivity contribution in [1.82, 2.24) is 4.98 Å². The first-order valence-corrected chi connectivity index (χ1v) is 6.20. The minimum absolute atomic E-state index is 0.0740. The molecule has 2 aromatic rings. The summed E-state index contributed by atoms with van der Waals surface area (Å²) in [6.07, 6.45) is 0. The molecule has 1 atom stereocenters. The van der Waals surface area contributed by atoms with Crippen LogP contribution in [0.2, 0.25) is 0 Å². The van der Waals surface area contributed by atoms with Gasteiger partial charge in [-0.2, -0.15) is 0 Å². The molecule has 1 aromatic carbocycles. The van der Waals surface area contributed by atoms with E-state index in [1.54, 1.807) is 0 Å². The number of aromatic nitrogens is 1. The normalized spacial score (nSPS) is 12.9. The molecule has 1 heterocycles. The van der Waals surface area contributed by atoms with Gasteiger partial charge < -0.3 is 16.0 Å². The molecule has 18 heavy (non-hydrogen) atoms. The number of H-pyrrole nitrogens is 1. The van der Waals surface area contributed by atoms with E-state index in [0.29, 0.717) is 17.8 Å². The summed E-state index contributed by atoms with van der Waals surface area (Å²) in [7, 11) is 0. The number of aromatic amines is 1. The lowest BCUT2D eigenvalue weighted by Gasteiger charge is -2.21. The maximum Gasteiger partial charge on any atom is 0.257 e. The lowest BCUT2D eigenvalue weighted by molar-refractivity contribution is 0.530. The van der Waals surface area contributed by atoms with Gasteiger partial charge in [0.05, 0.1) is 0 Å². The van der Waals surface area contributed by atoms with E-state index in [-0.39, 0.29) is 11.6 Å². The fourth-order valence-corrected chi connectivity index (χ4v) is 1.99. The summed E-state index contributed by atoms with van der Waals surface area (Å²) in [5, 5.41) is 4.92. The fourth-order valence-electron chi connectivity index (χ4n) is 1.99. The van der Waals surface area contributed by atoms with Gasteiger partial charge in [-0.3, -0.25) is 4.79 Å². The second-order valence-corrected chi connectivity index (χ2v) is 4.83. The van der Waals surface area contributed by atoms with Crippen LogP contribution in [0.1, 0.15) is 13.8 Å². The summed E-state index contributed by atoms with van der Waals surface area (Å²) in [5.74, 6) is 1.13. The molecule has 4 nitrogen and oxygen atoms in total. The molecule has 96 valence electrons. The number of pyridine rings is 1. The third kappa shape index (κ3) is 2.54. The van der Waals surface area contributed by atoms with Crippen LogP contribution in [-0.2, 0) is 0 Å². The molecule has 1 unspecified atom stereocenters. The SMILES string of the molecule is CC(C)C(CN)Nc1cc2ccccc2c(=O)[nH]1. The lowest BCUT2D eigenvalue weighted by Crippen LogP contribution is -2.34. The number of fused-ring (bicyclic) bond motifs is 1. The predicted octanol–water partition coefficient (Wildman–Crippen LogP) is 1.92. The standard InChI is InChI=1S/C14H19N3O/c1-9(2)12(8-15)16-13-7-10-5-3-4-6-11(10)14(18)17-13/h3-7,9,12H,8,15H2,1-2H3,(H2,16,17,18). The second kappa shape index (κ2) is 5.23. The molecule has 1 aromatic heterocycles. The first kappa shape index (κ1) is 12.6. The van der Waals surface area contributed by atoms with Gasteiger partial charge in [-0.1, -0.05) is 32.0 Å². The van der Waals surface area contributed by atoms with Gasteiger partial charge in [0.25, 0.3) is 5.56 Å². The van der Waals surface area contributed by atoms with Crippen LogP contribution in [0.25, 0.3) is 10.8 Å². The number of anilines is 1. The van der Waals surface area contributed by atoms with Gasteiger partial charge in [0.2, 0.25) is 0 Å². The number of hydrogen-bond acceptors (Lipinski definition) is 3. The van der Waals surface area contributed by atoms with E-state index in [1.807, 2.05) is 30.3 Å². The van der Waals surface area contributed by atoms with Crippen molar-refractivity contribution < 1.29 is 0 Å². The molecule has 0 aliphatic rings. The molecule has 0 spiro atoms. The summed E-state index contributed by atoms with van der Waals surface area (Å²) in [6.45, 7) is 4.74. The van der Waals surface area contributed by atoms with Crippen molar-refractivity contribution in [3.8, 4) is 0 Å². The van der Waals surface area contributed by atoms with Crippen molar-refractivity contribution in [2.45, 2.75) is 19.9 Å². The minimum Gasteiger partial charge on any atom is -0.367 e. The van der Waals surface area contributed by atoms with Gasteiger partial charge in [-0.15, -0.1) is 0 Å². The predicted molar refractivity (Wildman–Crippen MR) is 75.9 cm³/mol. The van der Waals surface area contributed by atoms with Crippen molar-refractivity contribution >= 4 is 16.6 Å². The van der Waals surface area contributed by atoms with E-state index >= 15 is 0 Å². The third-order valence-corrected chi connectivity index (χ3v) is 3.15. The van der Waals surface area contributed by atoms with Crippen molar-refractivity contribution in [1.29, 1.82) is 0 Å². The highest BCUT2D eigenvalue weighted by Gasteiger charge is 2.11. The Balaban J connectivity index is 2.38. The molecule has 0 aliphatic heterocycles. The van der Waals surface area contributed by atoms with E-state index in [2.05, 4.69) is 24.1 Å². The van der Waals surface area contributed by atoms with Crippen LogP contribution in [0, 0.1) is 5.92 Å². The quantitative estimate of drug-likeness (QED) is 0.770. The molecule has 0 bridgehead atoms. The van der Waals surface area contributed by atoms with Gasteiger partial charge in [-0.05, 0) is 23.4 Å². The highest BCUT2D eigenvalue weighted by atomic mass is 16.1. The highest BCUT2D eigenvalue weighted by molar-refractivity contribution is 5.83. The van der Waals surface area contributed by atoms with Crippen molar-refractivity contribution in [2.75, 3.05) is 11.9 Å². The van der Waals surface area contributed by atoms with Gasteiger partial charge in [0.1, 0.15) is 5.82 Å². The zero-order valence-corrected chi connectivity index (χ0v) is 10.7. The number of hydrogen-bond donors (Lipinski definition) is 3. The Labute approximate surface area is 106 Å². The minimum atomic E-state index is -0.0740. The first-order chi connectivity index (χ1) is 8.61. The smallest absolute Gasteiger partial charge is 0.257 e. The Morgan fingerprint density at radius 3 is 2.72 bits per heavy atom. The van der Waals surface area contributed by atoms with Crippen LogP contribution >= 0.6 is 0 Å². The molecule has 0 amide bonds. The molecule has 0 radical (unpaired) electrons. The van der Waals surface area contributed by atoms with Crippen LogP contribution in [0.4, 0.5) is 5.82 Å². The van der Waals surface area contributed by atoms with Crippen molar-refractivity contribution in [3.05, 3.63) is 40.7 Å². The van der Waals surface area contributed by atoms with Crippen LogP contribution in [0.3, 0.4) is 0 Å². The molecular weight excluding hydrogens is 226 g/mol. The monoisotopic (exact) mass is 245 g/mol. The average molecular weight is 245 g/mol. The Morgan fingerprint density at radius 1 is 1.33 bits per heavy atom. The first-order valence-electron chi connectivity index (χ1n) is 6.20. The molecule has 0 saturated heterocycles. The molecule has 2 rings (SSSR count). The fraction of sp³-hybridized carbons (Fsp3) is 0.357. The molecular formula is C14H19N3O. The average Bonchev–Trinajstić information content (AvgIpc) is 2.35. The van der Waals surface area contributed by atoms with E-state index < -0.39 is 0 Å². The molecule has 0 fully saturated rings. The Morgan fingerprint density at radius 2 is 2.06 bits per heavy atom. The summed E-state index contributed by atoms with van der Waals surface area (Å²) in [6, 6.07) is 9.64. The van der Waals surface area contributed by atoms with Crippen LogP contribution in [-0.4, -0.2) is 17.6 Å². The van der Waals surface area contributed by atoms with Gasteiger partial charge in [-0.25, -0.2) is 0 Å². The Hall–Kier alpha value is -1.81. The van der Waals surface area contributed by atoms with E-state index in [1.165, 1.54) is 0 Å². The zero-order chi connectivity index (χ0) is 13.1. The van der Waals surface area contributed by atoms with E-state index in [0.717, 1.165) is 11.2 Å². The summed E-state index contributed by atoms with van der Waals surface area (Å²) < 4.78 is 0. The molecule has 0 saturated carbocycles. The molecule has 0 aliphatic carbocycles. The van der Waals surface area contributed by atoms with Gasteiger partial charge in [0, 0.05) is 18.0 Å². The zero-order valence-electron chi connectivity index (χ0n) is 10.7. The number of nitrogens with two attached hydrogens (primary N) is 1. The van der Waals surface area contributed by atoms with E-state index in [4.69, 9.17) is 5.73 Å². The molecule has 4 heteroatoms. The molecule has 4 N–H and O–H groups in total. The van der Waals surface area contributed by atoms with Crippen molar-refractivity contribution in [2.24, 2.45) is 11.7 Å². The van der Waals surface area contributed by atoms with Crippen LogP contribution in [0.15, 0.2) is 35.1 Å². The summed E-state index contributed by atoms with van der Waals surface area (Å²) in [4.78, 5) is 14.8. The van der Waals surface area contributed by atoms with Gasteiger partial charge in [0.15, 0.2) is 0 Å². The second-order valence-electron chi connectivity index (χ2n) is 4.83. The summed E-state index contributed by atoms with van der Waals surface area (Å²) >= 11 is 0. The Bertz CT molecular complexity index is 589. The van der Waals surface area contributed by atoms with Gasteiger partial charge >= 0.3 is 0 Å². The van der Waals surface area contributed by atoms with Crippen LogP contribution in [0.5, 0.6) is 0 Å². The topological polar surface area (TPSA) is 70.9 Å². The lowest BCUT2D eigenvalue weighted by atomic mass is 10.0. The van der Waals surface area contributed by atoms with E-state index in [9.17, 15) is 4.79 Å². The van der Waals surface area contributed by atoms with Crippen LogP contribution < -0.4 is 16.6 Å². The highest BCUT2D eigenvalue weighted by Crippen LogP contribution is 2.14. The maximum absolute atomic E-state index is 11.9. The van der Waals surface area contributed by atoms with Crippen molar-refractivity contribution in [3.63, 3.8) is 0 Å². The maximum atomic E-state index is 11.9. The number of nitrogens with one attached hydrogen (secondary N) is 2. The number of benzene rings is 1.